The fourth-order valence-electron chi connectivity index (χ4n) is 1.79. The number of amides is 1. The first-order valence-corrected chi connectivity index (χ1v) is 6.29. The highest BCUT2D eigenvalue weighted by Gasteiger charge is 2.17. The van der Waals surface area contributed by atoms with Crippen LogP contribution >= 0.6 is 23.7 Å². The summed E-state index contributed by atoms with van der Waals surface area (Å²) >= 11 is 0.969. The molecule has 2 heterocycles. The zero-order valence-corrected chi connectivity index (χ0v) is 11.2. The van der Waals surface area contributed by atoms with E-state index in [1.165, 1.54) is 11.4 Å². The monoisotopic (exact) mass is 291 g/mol. The zero-order chi connectivity index (χ0) is 12.3. The molecular weight excluding hydrogens is 278 g/mol. The fourth-order valence-corrected chi connectivity index (χ4v) is 2.49. The van der Waals surface area contributed by atoms with Crippen molar-refractivity contribution in [2.45, 2.75) is 18.9 Å². The molecule has 0 radical (unpaired) electrons. The molecule has 0 bridgehead atoms. The highest BCUT2D eigenvalue weighted by Crippen LogP contribution is 2.22. The Morgan fingerprint density at radius 2 is 2.44 bits per heavy atom. The Bertz CT molecular complexity index is 432. The van der Waals surface area contributed by atoms with E-state index in [4.69, 9.17) is 0 Å². The molecule has 0 aliphatic carbocycles. The van der Waals surface area contributed by atoms with E-state index in [2.05, 4.69) is 10.6 Å². The third-order valence-electron chi connectivity index (χ3n) is 2.70. The van der Waals surface area contributed by atoms with Crippen LogP contribution in [-0.2, 0) is 0 Å². The SMILES string of the molecule is Cl.O=C(NCC1CCCN1)c1csc([N+](=O)[O-])c1. The van der Waals surface area contributed by atoms with Crippen LogP contribution in [0, 0.1) is 10.1 Å². The molecule has 100 valence electrons. The van der Waals surface area contributed by atoms with Crippen LogP contribution in [0.3, 0.4) is 0 Å². The molecule has 18 heavy (non-hydrogen) atoms. The van der Waals surface area contributed by atoms with Gasteiger partial charge in [-0.3, -0.25) is 14.9 Å². The van der Waals surface area contributed by atoms with Crippen LogP contribution in [0.2, 0.25) is 0 Å². The fraction of sp³-hybridized carbons (Fsp3) is 0.500. The topological polar surface area (TPSA) is 84.3 Å². The van der Waals surface area contributed by atoms with E-state index in [0.717, 1.165) is 30.7 Å². The molecule has 0 saturated carbocycles. The van der Waals surface area contributed by atoms with E-state index in [-0.39, 0.29) is 23.3 Å². The molecule has 0 spiro atoms. The second-order valence-corrected chi connectivity index (χ2v) is 4.82. The van der Waals surface area contributed by atoms with Crippen molar-refractivity contribution in [2.75, 3.05) is 13.1 Å². The zero-order valence-electron chi connectivity index (χ0n) is 9.55. The Morgan fingerprint density at radius 3 is 3.00 bits per heavy atom. The summed E-state index contributed by atoms with van der Waals surface area (Å²) in [7, 11) is 0. The average molecular weight is 292 g/mol. The van der Waals surface area contributed by atoms with Gasteiger partial charge in [0, 0.05) is 24.0 Å². The van der Waals surface area contributed by atoms with Gasteiger partial charge in [0.05, 0.1) is 10.5 Å². The predicted octanol–water partition coefficient (Wildman–Crippen LogP) is 1.56. The molecule has 1 fully saturated rings. The molecule has 1 aromatic heterocycles. The summed E-state index contributed by atoms with van der Waals surface area (Å²) in [4.78, 5) is 21.7. The smallest absolute Gasteiger partial charge is 0.324 e. The maximum absolute atomic E-state index is 11.7. The first kappa shape index (κ1) is 14.9. The third kappa shape index (κ3) is 3.66. The van der Waals surface area contributed by atoms with Gasteiger partial charge >= 0.3 is 5.00 Å². The van der Waals surface area contributed by atoms with Gasteiger partial charge in [0.15, 0.2) is 0 Å². The largest absolute Gasteiger partial charge is 0.350 e. The molecule has 1 saturated heterocycles. The number of thiophene rings is 1. The Labute approximate surface area is 114 Å². The van der Waals surface area contributed by atoms with Crippen LogP contribution < -0.4 is 10.6 Å². The van der Waals surface area contributed by atoms with Gasteiger partial charge in [-0.1, -0.05) is 11.3 Å². The summed E-state index contributed by atoms with van der Waals surface area (Å²) in [5.41, 5.74) is 0.361. The van der Waals surface area contributed by atoms with Crippen LogP contribution in [0.15, 0.2) is 11.4 Å². The van der Waals surface area contributed by atoms with E-state index >= 15 is 0 Å². The van der Waals surface area contributed by atoms with E-state index in [9.17, 15) is 14.9 Å². The van der Waals surface area contributed by atoms with Gasteiger partial charge in [-0.25, -0.2) is 0 Å². The summed E-state index contributed by atoms with van der Waals surface area (Å²) in [5.74, 6) is -0.247. The molecule has 1 amide bonds. The van der Waals surface area contributed by atoms with Gasteiger partial charge in [-0.05, 0) is 19.4 Å². The van der Waals surface area contributed by atoms with Crippen LogP contribution in [0.1, 0.15) is 23.2 Å². The second-order valence-electron chi connectivity index (χ2n) is 3.93. The van der Waals surface area contributed by atoms with Crippen molar-refractivity contribution >= 4 is 34.7 Å². The maximum atomic E-state index is 11.7. The minimum Gasteiger partial charge on any atom is -0.350 e. The number of hydrogen-bond acceptors (Lipinski definition) is 5. The molecule has 1 aliphatic rings. The van der Waals surface area contributed by atoms with Crippen molar-refractivity contribution in [2.24, 2.45) is 0 Å². The predicted molar refractivity (Wildman–Crippen MR) is 71.6 cm³/mol. The maximum Gasteiger partial charge on any atom is 0.324 e. The number of nitrogens with zero attached hydrogens (tertiary/aromatic N) is 1. The Hall–Kier alpha value is -1.18. The lowest BCUT2D eigenvalue weighted by atomic mass is 10.2. The van der Waals surface area contributed by atoms with Gasteiger partial charge in [0.1, 0.15) is 0 Å². The normalized spacial score (nSPS) is 18.1. The van der Waals surface area contributed by atoms with E-state index in [1.54, 1.807) is 0 Å². The molecule has 1 atom stereocenters. The number of carbonyl (C=O) groups excluding carboxylic acids is 1. The first-order chi connectivity index (χ1) is 8.16. The Balaban J connectivity index is 0.00000162. The number of hydrogen-bond donors (Lipinski definition) is 2. The van der Waals surface area contributed by atoms with Crippen molar-refractivity contribution in [3.05, 3.63) is 27.1 Å². The molecule has 1 aromatic rings. The summed E-state index contributed by atoms with van der Waals surface area (Å²) in [5, 5.41) is 18.0. The van der Waals surface area contributed by atoms with Crippen molar-refractivity contribution in [1.82, 2.24) is 10.6 Å². The van der Waals surface area contributed by atoms with Gasteiger partial charge < -0.3 is 10.6 Å². The molecule has 2 N–H and O–H groups in total. The van der Waals surface area contributed by atoms with Crippen LogP contribution in [-0.4, -0.2) is 30.0 Å². The lowest BCUT2D eigenvalue weighted by molar-refractivity contribution is -0.380. The van der Waals surface area contributed by atoms with Gasteiger partial charge in [0.2, 0.25) is 0 Å². The summed E-state index contributed by atoms with van der Waals surface area (Å²) in [6.07, 6.45) is 2.19. The van der Waals surface area contributed by atoms with Crippen LogP contribution in [0.4, 0.5) is 5.00 Å². The lowest BCUT2D eigenvalue weighted by Gasteiger charge is -2.10. The highest BCUT2D eigenvalue weighted by atomic mass is 35.5. The summed E-state index contributed by atoms with van der Waals surface area (Å²) in [6, 6.07) is 1.63. The van der Waals surface area contributed by atoms with Crippen molar-refractivity contribution < 1.29 is 9.72 Å². The van der Waals surface area contributed by atoms with Crippen LogP contribution in [0.5, 0.6) is 0 Å². The quantitative estimate of drug-likeness (QED) is 0.651. The minimum atomic E-state index is -0.486. The van der Waals surface area contributed by atoms with Gasteiger partial charge in [0.25, 0.3) is 5.91 Å². The number of nitro groups is 1. The molecule has 0 aromatic carbocycles. The van der Waals surface area contributed by atoms with E-state index in [0.29, 0.717) is 18.2 Å². The van der Waals surface area contributed by atoms with Gasteiger partial charge in [-0.2, -0.15) is 0 Å². The summed E-state index contributed by atoms with van der Waals surface area (Å²) in [6.45, 7) is 1.56. The highest BCUT2D eigenvalue weighted by molar-refractivity contribution is 7.13. The molecule has 2 rings (SSSR count). The molecular formula is C10H14ClN3O3S. The van der Waals surface area contributed by atoms with E-state index < -0.39 is 4.92 Å². The number of halogens is 1. The van der Waals surface area contributed by atoms with Crippen molar-refractivity contribution in [1.29, 1.82) is 0 Å². The average Bonchev–Trinajstić information content (AvgIpc) is 2.96. The third-order valence-corrected chi connectivity index (χ3v) is 3.58. The minimum absolute atomic E-state index is 0. The Morgan fingerprint density at radius 1 is 1.67 bits per heavy atom. The molecule has 1 aliphatic heterocycles. The molecule has 1 unspecified atom stereocenters. The number of rotatable bonds is 4. The lowest BCUT2D eigenvalue weighted by Crippen LogP contribution is -2.36. The van der Waals surface area contributed by atoms with Crippen molar-refractivity contribution in [3.63, 3.8) is 0 Å². The van der Waals surface area contributed by atoms with Crippen LogP contribution in [0.25, 0.3) is 0 Å². The summed E-state index contributed by atoms with van der Waals surface area (Å²) < 4.78 is 0. The number of nitrogens with one attached hydrogen (secondary N) is 2. The Kier molecular flexibility index (Phi) is 5.52. The first-order valence-electron chi connectivity index (χ1n) is 5.41. The molecule has 6 nitrogen and oxygen atoms in total. The second kappa shape index (κ2) is 6.67. The molecule has 8 heteroatoms. The standard InChI is InChI=1S/C10H13N3O3S.ClH/c14-10(12-5-8-2-1-3-11-8)7-4-9(13(15)16)17-6-7;/h4,6,8,11H,1-3,5H2,(H,12,14);1H. The van der Waals surface area contributed by atoms with Crippen molar-refractivity contribution in [3.8, 4) is 0 Å². The van der Waals surface area contributed by atoms with Gasteiger partial charge in [-0.15, -0.1) is 12.4 Å². The number of carbonyl (C=O) groups is 1. The van der Waals surface area contributed by atoms with E-state index in [1.807, 2.05) is 0 Å².